The molecule has 156 valence electrons. The molecule has 2 aromatic carbocycles. The monoisotopic (exact) mass is 445 g/mol. The normalized spacial score (nSPS) is 14.5. The lowest BCUT2D eigenvalue weighted by atomic mass is 10.2. The van der Waals surface area contributed by atoms with Crippen LogP contribution in [0.5, 0.6) is 11.5 Å². The summed E-state index contributed by atoms with van der Waals surface area (Å²) in [6, 6.07) is 14.7. The number of amides is 2. The van der Waals surface area contributed by atoms with Crippen molar-refractivity contribution in [2.45, 2.75) is 6.54 Å². The fraction of sp³-hybridized carbons (Fsp3) is 0.238. The molecule has 0 radical (unpaired) electrons. The van der Waals surface area contributed by atoms with Gasteiger partial charge in [-0.3, -0.25) is 15.3 Å². The van der Waals surface area contributed by atoms with Crippen LogP contribution < -0.4 is 10.1 Å². The number of nitrogens with one attached hydrogen (secondary N) is 2. The zero-order valence-electron chi connectivity index (χ0n) is 16.1. The van der Waals surface area contributed by atoms with Crippen molar-refractivity contribution in [3.63, 3.8) is 0 Å². The van der Waals surface area contributed by atoms with Crippen molar-refractivity contribution in [2.75, 3.05) is 31.5 Å². The van der Waals surface area contributed by atoms with Crippen LogP contribution in [0.4, 0.5) is 10.6 Å². The van der Waals surface area contributed by atoms with Crippen molar-refractivity contribution in [1.29, 1.82) is 0 Å². The maximum Gasteiger partial charge on any atom is 0.323 e. The molecule has 1 fully saturated rings. The number of H-pyrrole nitrogens is 1. The molecule has 30 heavy (non-hydrogen) atoms. The second-order valence-corrected chi connectivity index (χ2v) is 7.79. The standard InChI is InChI=1S/C21H21Cl2N5O2/c22-18-5-4-17(13-19(18)23)30-16-3-1-2-15(12-16)14-27-8-10-28(11-9-27)21(29)25-20-6-7-24-26-20/h1-7,12-13H,8-11,14H2,(H2,24,25,26,29). The van der Waals surface area contributed by atoms with E-state index in [-0.39, 0.29) is 6.03 Å². The highest BCUT2D eigenvalue weighted by Gasteiger charge is 2.21. The number of aromatic amines is 1. The average Bonchev–Trinajstić information content (AvgIpc) is 3.25. The number of halogens is 2. The Morgan fingerprint density at radius 2 is 1.83 bits per heavy atom. The molecule has 7 nitrogen and oxygen atoms in total. The molecule has 0 unspecified atom stereocenters. The number of urea groups is 1. The van der Waals surface area contributed by atoms with E-state index in [9.17, 15) is 4.79 Å². The van der Waals surface area contributed by atoms with Crippen LogP contribution in [-0.4, -0.2) is 52.2 Å². The third-order valence-electron chi connectivity index (χ3n) is 4.83. The molecule has 1 saturated heterocycles. The summed E-state index contributed by atoms with van der Waals surface area (Å²) in [7, 11) is 0. The number of piperazine rings is 1. The van der Waals surface area contributed by atoms with Crippen molar-refractivity contribution in [3.8, 4) is 11.5 Å². The van der Waals surface area contributed by atoms with Gasteiger partial charge in [-0.15, -0.1) is 0 Å². The Bertz CT molecular complexity index is 1000. The molecule has 1 aliphatic rings. The van der Waals surface area contributed by atoms with Gasteiger partial charge in [0.1, 0.15) is 11.5 Å². The van der Waals surface area contributed by atoms with E-state index in [4.69, 9.17) is 27.9 Å². The maximum absolute atomic E-state index is 12.3. The van der Waals surface area contributed by atoms with Crippen molar-refractivity contribution in [1.82, 2.24) is 20.0 Å². The van der Waals surface area contributed by atoms with E-state index in [0.29, 0.717) is 34.7 Å². The smallest absolute Gasteiger partial charge is 0.323 e. The molecule has 3 aromatic rings. The first-order valence-electron chi connectivity index (χ1n) is 9.57. The maximum atomic E-state index is 12.3. The fourth-order valence-electron chi connectivity index (χ4n) is 3.27. The quantitative estimate of drug-likeness (QED) is 0.587. The van der Waals surface area contributed by atoms with Crippen LogP contribution in [0.25, 0.3) is 0 Å². The molecular weight excluding hydrogens is 425 g/mol. The van der Waals surface area contributed by atoms with E-state index in [1.807, 2.05) is 18.2 Å². The summed E-state index contributed by atoms with van der Waals surface area (Å²) < 4.78 is 5.91. The Morgan fingerprint density at radius 3 is 2.57 bits per heavy atom. The Morgan fingerprint density at radius 1 is 1.03 bits per heavy atom. The van der Waals surface area contributed by atoms with Gasteiger partial charge >= 0.3 is 6.03 Å². The Balaban J connectivity index is 1.30. The lowest BCUT2D eigenvalue weighted by Crippen LogP contribution is -2.49. The number of hydrogen-bond donors (Lipinski definition) is 2. The summed E-state index contributed by atoms with van der Waals surface area (Å²) >= 11 is 12.0. The Kier molecular flexibility index (Phi) is 6.42. The van der Waals surface area contributed by atoms with Crippen LogP contribution in [0.2, 0.25) is 10.0 Å². The minimum absolute atomic E-state index is 0.126. The SMILES string of the molecule is O=C(Nc1cc[nH]n1)N1CCN(Cc2cccc(Oc3ccc(Cl)c(Cl)c3)c2)CC1. The predicted molar refractivity (Wildman–Crippen MR) is 117 cm³/mol. The Hall–Kier alpha value is -2.74. The summed E-state index contributed by atoms with van der Waals surface area (Å²) in [6.45, 7) is 3.70. The predicted octanol–water partition coefficient (Wildman–Crippen LogP) is 4.86. The number of benzene rings is 2. The van der Waals surface area contributed by atoms with E-state index in [1.165, 1.54) is 0 Å². The van der Waals surface area contributed by atoms with Crippen LogP contribution in [0, 0.1) is 0 Å². The number of aromatic nitrogens is 2. The summed E-state index contributed by atoms with van der Waals surface area (Å²) in [4.78, 5) is 16.4. The van der Waals surface area contributed by atoms with Crippen LogP contribution in [0.1, 0.15) is 5.56 Å². The number of hydrogen-bond acceptors (Lipinski definition) is 4. The summed E-state index contributed by atoms with van der Waals surface area (Å²) in [5.41, 5.74) is 1.14. The minimum atomic E-state index is -0.126. The first kappa shape index (κ1) is 20.5. The van der Waals surface area contributed by atoms with Gasteiger partial charge in [0.15, 0.2) is 5.82 Å². The molecule has 9 heteroatoms. The number of anilines is 1. The molecule has 2 N–H and O–H groups in total. The van der Waals surface area contributed by atoms with Gasteiger partial charge in [-0.2, -0.15) is 5.10 Å². The highest BCUT2D eigenvalue weighted by atomic mass is 35.5. The number of nitrogens with zero attached hydrogens (tertiary/aromatic N) is 3. The molecule has 0 atom stereocenters. The van der Waals surface area contributed by atoms with Gasteiger partial charge in [0.2, 0.25) is 0 Å². The van der Waals surface area contributed by atoms with Crippen LogP contribution in [-0.2, 0) is 6.54 Å². The van der Waals surface area contributed by atoms with Gasteiger partial charge in [0.25, 0.3) is 0 Å². The Labute approximate surface area is 184 Å². The highest BCUT2D eigenvalue weighted by molar-refractivity contribution is 6.42. The van der Waals surface area contributed by atoms with Crippen LogP contribution >= 0.6 is 23.2 Å². The van der Waals surface area contributed by atoms with Gasteiger partial charge in [-0.05, 0) is 29.8 Å². The van der Waals surface area contributed by atoms with Crippen molar-refractivity contribution < 1.29 is 9.53 Å². The summed E-state index contributed by atoms with van der Waals surface area (Å²) in [5.74, 6) is 1.90. The average molecular weight is 446 g/mol. The third-order valence-corrected chi connectivity index (χ3v) is 5.57. The van der Waals surface area contributed by atoms with Gasteiger partial charge in [0.05, 0.1) is 10.0 Å². The molecule has 0 spiro atoms. The van der Waals surface area contributed by atoms with Gasteiger partial charge in [-0.25, -0.2) is 4.79 Å². The molecule has 0 saturated carbocycles. The first-order chi connectivity index (χ1) is 14.6. The highest BCUT2D eigenvalue weighted by Crippen LogP contribution is 2.29. The van der Waals surface area contributed by atoms with E-state index in [0.717, 1.165) is 30.9 Å². The van der Waals surface area contributed by atoms with Gasteiger partial charge in [-0.1, -0.05) is 35.3 Å². The zero-order chi connectivity index (χ0) is 20.9. The van der Waals surface area contributed by atoms with Crippen molar-refractivity contribution >= 4 is 35.1 Å². The minimum Gasteiger partial charge on any atom is -0.457 e. The summed E-state index contributed by atoms with van der Waals surface area (Å²) in [6.07, 6.45) is 1.67. The van der Waals surface area contributed by atoms with Crippen molar-refractivity contribution in [3.05, 3.63) is 70.3 Å². The van der Waals surface area contributed by atoms with Gasteiger partial charge in [0, 0.05) is 51.1 Å². The number of ether oxygens (including phenoxy) is 1. The van der Waals surface area contributed by atoms with Crippen LogP contribution in [0.3, 0.4) is 0 Å². The van der Waals surface area contributed by atoms with Crippen LogP contribution in [0.15, 0.2) is 54.7 Å². The van der Waals surface area contributed by atoms with Gasteiger partial charge < -0.3 is 9.64 Å². The lowest BCUT2D eigenvalue weighted by Gasteiger charge is -2.34. The molecule has 1 aromatic heterocycles. The first-order valence-corrected chi connectivity index (χ1v) is 10.3. The largest absolute Gasteiger partial charge is 0.457 e. The van der Waals surface area contributed by atoms with E-state index in [2.05, 4.69) is 26.5 Å². The molecule has 2 heterocycles. The third kappa shape index (κ3) is 5.24. The summed E-state index contributed by atoms with van der Waals surface area (Å²) in [5, 5.41) is 10.4. The second-order valence-electron chi connectivity index (χ2n) is 6.98. The fourth-order valence-corrected chi connectivity index (χ4v) is 3.56. The molecule has 0 bridgehead atoms. The molecule has 1 aliphatic heterocycles. The number of carbonyl (C=O) groups is 1. The van der Waals surface area contributed by atoms with E-state index >= 15 is 0 Å². The molecule has 4 rings (SSSR count). The topological polar surface area (TPSA) is 73.5 Å². The molecular formula is C21H21Cl2N5O2. The number of carbonyl (C=O) groups excluding carboxylic acids is 1. The molecule has 2 amide bonds. The zero-order valence-corrected chi connectivity index (χ0v) is 17.7. The number of rotatable bonds is 5. The van der Waals surface area contributed by atoms with Crippen molar-refractivity contribution in [2.24, 2.45) is 0 Å². The van der Waals surface area contributed by atoms with E-state index < -0.39 is 0 Å². The molecule has 0 aliphatic carbocycles. The second kappa shape index (κ2) is 9.38. The lowest BCUT2D eigenvalue weighted by molar-refractivity contribution is 0.143. The van der Waals surface area contributed by atoms with E-state index in [1.54, 1.807) is 35.4 Å².